The molecule has 0 fully saturated rings. The number of rotatable bonds is 9. The van der Waals surface area contributed by atoms with Crippen molar-refractivity contribution in [2.75, 3.05) is 5.32 Å². The van der Waals surface area contributed by atoms with E-state index in [0.717, 1.165) is 22.8 Å². The first kappa shape index (κ1) is 24.5. The largest absolute Gasteiger partial charge is 0.457 e. The highest BCUT2D eigenvalue weighted by Crippen LogP contribution is 2.30. The fourth-order valence-corrected chi connectivity index (χ4v) is 3.76. The minimum absolute atomic E-state index is 0.0739. The Morgan fingerprint density at radius 3 is 2.27 bits per heavy atom. The van der Waals surface area contributed by atoms with Gasteiger partial charge in [0.2, 0.25) is 0 Å². The van der Waals surface area contributed by atoms with Crippen LogP contribution in [0.1, 0.15) is 67.8 Å². The van der Waals surface area contributed by atoms with Gasteiger partial charge < -0.3 is 14.8 Å². The smallest absolute Gasteiger partial charge is 0.257 e. The van der Waals surface area contributed by atoms with Crippen LogP contribution < -0.4 is 10.1 Å². The molecule has 5 nitrogen and oxygen atoms in total. The van der Waals surface area contributed by atoms with Crippen molar-refractivity contribution in [3.63, 3.8) is 0 Å². The van der Waals surface area contributed by atoms with Crippen molar-refractivity contribution in [1.82, 2.24) is 4.98 Å². The Balaban J connectivity index is 1.64. The minimum Gasteiger partial charge on any atom is -0.457 e. The van der Waals surface area contributed by atoms with Crippen LogP contribution in [0.4, 0.5) is 5.69 Å². The minimum atomic E-state index is -0.183. The summed E-state index contributed by atoms with van der Waals surface area (Å²) in [7, 11) is 0. The van der Waals surface area contributed by atoms with Crippen LogP contribution in [0, 0.1) is 6.92 Å². The standard InChI is InChI=1S/C28H34N2O3/c1-18(2)25-9-7-8-10-27(25)33-24-14-11-22(12-15-24)30-28(31)26-16-13-23(29-21(26)6)17-20(5)32-19(3)4/h7-16,18-20H,17H2,1-6H3,(H,30,31). The summed E-state index contributed by atoms with van der Waals surface area (Å²) in [4.78, 5) is 17.4. The summed E-state index contributed by atoms with van der Waals surface area (Å²) < 4.78 is 11.9. The predicted molar refractivity (Wildman–Crippen MR) is 133 cm³/mol. The number of nitrogens with one attached hydrogen (secondary N) is 1. The van der Waals surface area contributed by atoms with E-state index >= 15 is 0 Å². The van der Waals surface area contributed by atoms with Crippen molar-refractivity contribution < 1.29 is 14.3 Å². The molecule has 1 heterocycles. The molecule has 0 aliphatic rings. The zero-order chi connectivity index (χ0) is 24.0. The summed E-state index contributed by atoms with van der Waals surface area (Å²) in [5.74, 6) is 1.76. The lowest BCUT2D eigenvalue weighted by atomic mass is 10.0. The zero-order valence-electron chi connectivity index (χ0n) is 20.4. The highest BCUT2D eigenvalue weighted by atomic mass is 16.5. The summed E-state index contributed by atoms with van der Waals surface area (Å²) in [5.41, 5.74) is 4.04. The lowest BCUT2D eigenvalue weighted by molar-refractivity contribution is 0.0190. The molecule has 5 heteroatoms. The molecule has 0 spiro atoms. The van der Waals surface area contributed by atoms with Crippen LogP contribution in [0.25, 0.3) is 0 Å². The maximum atomic E-state index is 12.8. The molecule has 1 amide bonds. The van der Waals surface area contributed by atoms with E-state index < -0.39 is 0 Å². The first-order valence-electron chi connectivity index (χ1n) is 11.5. The third-order valence-electron chi connectivity index (χ3n) is 5.27. The molecule has 3 rings (SSSR count). The normalized spacial score (nSPS) is 12.1. The van der Waals surface area contributed by atoms with Gasteiger partial charge >= 0.3 is 0 Å². The molecule has 3 aromatic rings. The molecule has 1 N–H and O–H groups in total. The number of nitrogens with zero attached hydrogens (tertiary/aromatic N) is 1. The van der Waals surface area contributed by atoms with E-state index in [1.807, 2.05) is 82.3 Å². The van der Waals surface area contributed by atoms with E-state index in [1.165, 1.54) is 0 Å². The van der Waals surface area contributed by atoms with Gasteiger partial charge in [-0.25, -0.2) is 0 Å². The van der Waals surface area contributed by atoms with Gasteiger partial charge in [0.1, 0.15) is 11.5 Å². The van der Waals surface area contributed by atoms with Crippen LogP contribution in [0.5, 0.6) is 11.5 Å². The fourth-order valence-electron chi connectivity index (χ4n) is 3.76. The summed E-state index contributed by atoms with van der Waals surface area (Å²) in [6.45, 7) is 12.2. The molecule has 1 atom stereocenters. The first-order chi connectivity index (χ1) is 15.7. The third-order valence-corrected chi connectivity index (χ3v) is 5.27. The Morgan fingerprint density at radius 2 is 1.64 bits per heavy atom. The third kappa shape index (κ3) is 6.90. The topological polar surface area (TPSA) is 60.5 Å². The van der Waals surface area contributed by atoms with Gasteiger partial charge in [0.25, 0.3) is 5.91 Å². The van der Waals surface area contributed by atoms with Gasteiger partial charge in [-0.15, -0.1) is 0 Å². The average Bonchev–Trinajstić information content (AvgIpc) is 2.74. The lowest BCUT2D eigenvalue weighted by Crippen LogP contribution is -2.18. The summed E-state index contributed by atoms with van der Waals surface area (Å²) >= 11 is 0. The zero-order valence-corrected chi connectivity index (χ0v) is 20.4. The molecule has 0 saturated carbocycles. The second-order valence-electron chi connectivity index (χ2n) is 8.91. The number of amides is 1. The number of carbonyl (C=O) groups excluding carboxylic acids is 1. The number of benzene rings is 2. The SMILES string of the molecule is Cc1nc(CC(C)OC(C)C)ccc1C(=O)Nc1ccc(Oc2ccccc2C(C)C)cc1. The number of aryl methyl sites for hydroxylation is 1. The van der Waals surface area contributed by atoms with Crippen molar-refractivity contribution in [3.05, 3.63) is 83.2 Å². The van der Waals surface area contributed by atoms with Gasteiger partial charge in [-0.05, 0) is 81.6 Å². The van der Waals surface area contributed by atoms with E-state index in [1.54, 1.807) is 0 Å². The first-order valence-corrected chi connectivity index (χ1v) is 11.5. The molecule has 0 aliphatic heterocycles. The Kier molecular flexibility index (Phi) is 8.23. The Labute approximate surface area is 197 Å². The number of anilines is 1. The number of hydrogen-bond acceptors (Lipinski definition) is 4. The van der Waals surface area contributed by atoms with Gasteiger partial charge in [-0.2, -0.15) is 0 Å². The van der Waals surface area contributed by atoms with Crippen LogP contribution in [0.3, 0.4) is 0 Å². The highest BCUT2D eigenvalue weighted by molar-refractivity contribution is 6.05. The van der Waals surface area contributed by atoms with E-state index in [9.17, 15) is 4.79 Å². The molecule has 174 valence electrons. The summed E-state index contributed by atoms with van der Waals surface area (Å²) in [5, 5.41) is 2.95. The molecule has 0 aliphatic carbocycles. The predicted octanol–water partition coefficient (Wildman–Crippen LogP) is 6.91. The van der Waals surface area contributed by atoms with Crippen molar-refractivity contribution in [3.8, 4) is 11.5 Å². The maximum Gasteiger partial charge on any atom is 0.257 e. The molecule has 0 saturated heterocycles. The molecule has 2 aromatic carbocycles. The Morgan fingerprint density at radius 1 is 0.939 bits per heavy atom. The quantitative estimate of drug-likeness (QED) is 0.388. The average molecular weight is 447 g/mol. The van der Waals surface area contributed by atoms with E-state index in [-0.39, 0.29) is 18.1 Å². The van der Waals surface area contributed by atoms with Crippen LogP contribution in [0.2, 0.25) is 0 Å². The van der Waals surface area contributed by atoms with Gasteiger partial charge in [0.05, 0.1) is 23.5 Å². The molecular formula is C28H34N2O3. The molecule has 1 aromatic heterocycles. The van der Waals surface area contributed by atoms with Crippen molar-refractivity contribution in [2.24, 2.45) is 0 Å². The molecule has 33 heavy (non-hydrogen) atoms. The van der Waals surface area contributed by atoms with Crippen molar-refractivity contribution in [2.45, 2.75) is 66.1 Å². The number of ether oxygens (including phenoxy) is 2. The number of para-hydroxylation sites is 1. The lowest BCUT2D eigenvalue weighted by Gasteiger charge is -2.16. The Hall–Kier alpha value is -3.18. The van der Waals surface area contributed by atoms with E-state index in [0.29, 0.717) is 29.3 Å². The van der Waals surface area contributed by atoms with Gasteiger partial charge in [0.15, 0.2) is 0 Å². The van der Waals surface area contributed by atoms with Crippen molar-refractivity contribution in [1.29, 1.82) is 0 Å². The van der Waals surface area contributed by atoms with Crippen LogP contribution in [-0.2, 0) is 11.2 Å². The van der Waals surface area contributed by atoms with E-state index in [2.05, 4.69) is 30.2 Å². The second kappa shape index (κ2) is 11.1. The maximum absolute atomic E-state index is 12.8. The number of pyridine rings is 1. The Bertz CT molecular complexity index is 1070. The van der Waals surface area contributed by atoms with E-state index in [4.69, 9.17) is 9.47 Å². The highest BCUT2D eigenvalue weighted by Gasteiger charge is 2.14. The molecule has 1 unspecified atom stereocenters. The number of aromatic nitrogens is 1. The van der Waals surface area contributed by atoms with Crippen LogP contribution >= 0.6 is 0 Å². The van der Waals surface area contributed by atoms with Crippen LogP contribution in [-0.4, -0.2) is 23.1 Å². The number of hydrogen-bond donors (Lipinski definition) is 1. The van der Waals surface area contributed by atoms with Gasteiger partial charge in [-0.1, -0.05) is 32.0 Å². The summed E-state index contributed by atoms with van der Waals surface area (Å²) in [6.07, 6.45) is 0.959. The van der Waals surface area contributed by atoms with Crippen molar-refractivity contribution >= 4 is 11.6 Å². The van der Waals surface area contributed by atoms with Crippen LogP contribution in [0.15, 0.2) is 60.7 Å². The monoisotopic (exact) mass is 446 g/mol. The van der Waals surface area contributed by atoms with Gasteiger partial charge in [0, 0.05) is 17.8 Å². The second-order valence-corrected chi connectivity index (χ2v) is 8.91. The van der Waals surface area contributed by atoms with Gasteiger partial charge in [-0.3, -0.25) is 9.78 Å². The fraction of sp³-hybridized carbons (Fsp3) is 0.357. The number of carbonyl (C=O) groups is 1. The molecule has 0 bridgehead atoms. The summed E-state index contributed by atoms with van der Waals surface area (Å²) in [6, 6.07) is 19.2. The molecule has 0 radical (unpaired) electrons. The molecular weight excluding hydrogens is 412 g/mol.